The molecule has 4 rings (SSSR count). The van der Waals surface area contributed by atoms with Crippen molar-refractivity contribution in [2.45, 2.75) is 25.3 Å². The standard InChI is InChI=1S/C22H19F3N4O2/c1-28-19(11-20(30)31)29(13-14-5-7-26-8-6-14)18-10-16(12-27-21(18)28)15-3-2-4-17(9-15)22(23,24)25/h2-10,12,19H,11,13H2,1H3,(H,30,31). The van der Waals surface area contributed by atoms with Crippen LogP contribution in [0.5, 0.6) is 0 Å². The smallest absolute Gasteiger partial charge is 0.416 e. The number of rotatable bonds is 5. The minimum atomic E-state index is -4.44. The van der Waals surface area contributed by atoms with Crippen LogP contribution in [0.25, 0.3) is 11.1 Å². The quantitative estimate of drug-likeness (QED) is 0.649. The molecule has 0 fully saturated rings. The van der Waals surface area contributed by atoms with Gasteiger partial charge in [0, 0.05) is 37.7 Å². The molecule has 6 nitrogen and oxygen atoms in total. The summed E-state index contributed by atoms with van der Waals surface area (Å²) in [6.45, 7) is 0.408. The number of nitrogens with zero attached hydrogens (tertiary/aromatic N) is 4. The second-order valence-corrected chi connectivity index (χ2v) is 7.32. The first-order chi connectivity index (χ1) is 14.7. The number of halogens is 3. The fraction of sp³-hybridized carbons (Fsp3) is 0.227. The largest absolute Gasteiger partial charge is 0.481 e. The summed E-state index contributed by atoms with van der Waals surface area (Å²) in [4.78, 5) is 23.6. The van der Waals surface area contributed by atoms with Crippen molar-refractivity contribution in [2.75, 3.05) is 16.8 Å². The first-order valence-electron chi connectivity index (χ1n) is 9.52. The van der Waals surface area contributed by atoms with Crippen LogP contribution in [0.15, 0.2) is 61.1 Å². The molecule has 1 N–H and O–H groups in total. The maximum absolute atomic E-state index is 13.1. The van der Waals surface area contributed by atoms with Gasteiger partial charge < -0.3 is 14.9 Å². The summed E-state index contributed by atoms with van der Waals surface area (Å²) < 4.78 is 39.4. The van der Waals surface area contributed by atoms with Crippen molar-refractivity contribution < 1.29 is 23.1 Å². The third-order valence-electron chi connectivity index (χ3n) is 5.28. The third-order valence-corrected chi connectivity index (χ3v) is 5.28. The number of hydrogen-bond acceptors (Lipinski definition) is 5. The van der Waals surface area contributed by atoms with Crippen LogP contribution in [0, 0.1) is 0 Å². The van der Waals surface area contributed by atoms with Gasteiger partial charge >= 0.3 is 12.1 Å². The predicted octanol–water partition coefficient (Wildman–Crippen LogP) is 4.42. The maximum atomic E-state index is 13.1. The van der Waals surface area contributed by atoms with Gasteiger partial charge in [0.25, 0.3) is 0 Å². The van der Waals surface area contributed by atoms with Gasteiger partial charge in [-0.1, -0.05) is 12.1 Å². The zero-order valence-corrected chi connectivity index (χ0v) is 16.5. The SMILES string of the molecule is CN1c2ncc(-c3cccc(C(F)(F)F)c3)cc2N(Cc2ccncc2)C1CC(=O)O. The van der Waals surface area contributed by atoms with Crippen LogP contribution in [-0.2, 0) is 17.5 Å². The molecule has 3 aromatic rings. The molecule has 1 aliphatic heterocycles. The molecule has 1 aliphatic rings. The fourth-order valence-corrected chi connectivity index (χ4v) is 3.75. The van der Waals surface area contributed by atoms with E-state index < -0.39 is 23.9 Å². The van der Waals surface area contributed by atoms with Crippen LogP contribution in [0.1, 0.15) is 17.5 Å². The number of pyridine rings is 2. The highest BCUT2D eigenvalue weighted by Crippen LogP contribution is 2.41. The Morgan fingerprint density at radius 2 is 1.87 bits per heavy atom. The molecule has 3 heterocycles. The summed E-state index contributed by atoms with van der Waals surface area (Å²) in [5.74, 6) is -0.376. The number of anilines is 2. The second kappa shape index (κ2) is 7.90. The van der Waals surface area contributed by atoms with Crippen molar-refractivity contribution in [1.82, 2.24) is 9.97 Å². The van der Waals surface area contributed by atoms with Crippen LogP contribution in [-0.4, -0.2) is 34.3 Å². The Morgan fingerprint density at radius 1 is 1.13 bits per heavy atom. The summed E-state index contributed by atoms with van der Waals surface area (Å²) >= 11 is 0. The molecular formula is C22H19F3N4O2. The molecule has 9 heteroatoms. The molecule has 160 valence electrons. The third kappa shape index (κ3) is 4.16. The van der Waals surface area contributed by atoms with Crippen LogP contribution in [0.2, 0.25) is 0 Å². The lowest BCUT2D eigenvalue weighted by Crippen LogP contribution is -2.42. The van der Waals surface area contributed by atoms with Crippen molar-refractivity contribution in [1.29, 1.82) is 0 Å². The number of hydrogen-bond donors (Lipinski definition) is 1. The van der Waals surface area contributed by atoms with E-state index in [1.54, 1.807) is 36.5 Å². The molecule has 0 saturated heterocycles. The van der Waals surface area contributed by atoms with Crippen LogP contribution >= 0.6 is 0 Å². The lowest BCUT2D eigenvalue weighted by molar-refractivity contribution is -0.138. The number of aromatic nitrogens is 2. The first-order valence-corrected chi connectivity index (χ1v) is 9.52. The van der Waals surface area contributed by atoms with E-state index >= 15 is 0 Å². The molecule has 0 aliphatic carbocycles. The minimum Gasteiger partial charge on any atom is -0.481 e. The van der Waals surface area contributed by atoms with E-state index in [0.29, 0.717) is 29.2 Å². The Bertz CT molecular complexity index is 1110. The van der Waals surface area contributed by atoms with Gasteiger partial charge in [0.2, 0.25) is 0 Å². The normalized spacial score (nSPS) is 15.8. The molecule has 1 unspecified atom stereocenters. The summed E-state index contributed by atoms with van der Waals surface area (Å²) in [7, 11) is 1.76. The number of benzene rings is 1. The van der Waals surface area contributed by atoms with Gasteiger partial charge in [0.1, 0.15) is 6.17 Å². The van der Waals surface area contributed by atoms with E-state index in [0.717, 1.165) is 17.7 Å². The number of fused-ring (bicyclic) bond motifs is 1. The van der Waals surface area contributed by atoms with E-state index in [-0.39, 0.29) is 6.42 Å². The van der Waals surface area contributed by atoms with Crippen molar-refractivity contribution in [3.05, 3.63) is 72.2 Å². The Morgan fingerprint density at radius 3 is 2.55 bits per heavy atom. The Balaban J connectivity index is 1.76. The maximum Gasteiger partial charge on any atom is 0.416 e. The molecule has 31 heavy (non-hydrogen) atoms. The highest BCUT2D eigenvalue weighted by Gasteiger charge is 2.36. The predicted molar refractivity (Wildman–Crippen MR) is 110 cm³/mol. The summed E-state index contributed by atoms with van der Waals surface area (Å²) in [5, 5.41) is 9.40. The van der Waals surface area contributed by atoms with Gasteiger partial charge in [-0.15, -0.1) is 0 Å². The van der Waals surface area contributed by atoms with E-state index in [1.807, 2.05) is 17.0 Å². The zero-order valence-electron chi connectivity index (χ0n) is 16.5. The summed E-state index contributed by atoms with van der Waals surface area (Å²) in [6.07, 6.45) is -0.251. The van der Waals surface area contributed by atoms with E-state index in [9.17, 15) is 23.1 Å². The van der Waals surface area contributed by atoms with E-state index in [1.165, 1.54) is 12.3 Å². The molecular weight excluding hydrogens is 409 g/mol. The minimum absolute atomic E-state index is 0.142. The van der Waals surface area contributed by atoms with Gasteiger partial charge in [-0.3, -0.25) is 9.78 Å². The second-order valence-electron chi connectivity index (χ2n) is 7.32. The Hall–Kier alpha value is -3.62. The number of alkyl halides is 3. The Labute approximate surface area is 176 Å². The average Bonchev–Trinajstić information content (AvgIpc) is 2.99. The number of aliphatic carboxylic acids is 1. The van der Waals surface area contributed by atoms with Gasteiger partial charge in [-0.05, 0) is 41.5 Å². The summed E-state index contributed by atoms with van der Waals surface area (Å²) in [6, 6.07) is 10.5. The highest BCUT2D eigenvalue weighted by molar-refractivity contribution is 5.81. The van der Waals surface area contributed by atoms with Gasteiger partial charge in [-0.25, -0.2) is 4.98 Å². The molecule has 0 spiro atoms. The van der Waals surface area contributed by atoms with Crippen LogP contribution in [0.3, 0.4) is 0 Å². The monoisotopic (exact) mass is 428 g/mol. The van der Waals surface area contributed by atoms with Gasteiger partial charge in [-0.2, -0.15) is 13.2 Å². The molecule has 0 amide bonds. The van der Waals surface area contributed by atoms with E-state index in [2.05, 4.69) is 9.97 Å². The van der Waals surface area contributed by atoms with Crippen molar-refractivity contribution in [3.63, 3.8) is 0 Å². The topological polar surface area (TPSA) is 69.6 Å². The molecule has 1 aromatic carbocycles. The molecule has 1 atom stereocenters. The van der Waals surface area contributed by atoms with Crippen LogP contribution in [0.4, 0.5) is 24.7 Å². The fourth-order valence-electron chi connectivity index (χ4n) is 3.75. The highest BCUT2D eigenvalue weighted by atomic mass is 19.4. The van der Waals surface area contributed by atoms with Gasteiger partial charge in [0.15, 0.2) is 5.82 Å². The van der Waals surface area contributed by atoms with E-state index in [4.69, 9.17) is 0 Å². The van der Waals surface area contributed by atoms with Crippen molar-refractivity contribution in [2.24, 2.45) is 0 Å². The summed E-state index contributed by atoms with van der Waals surface area (Å²) in [5.41, 5.74) is 1.77. The Kier molecular flexibility index (Phi) is 5.26. The average molecular weight is 428 g/mol. The molecule has 2 aromatic heterocycles. The number of carboxylic acid groups (broad SMARTS) is 1. The van der Waals surface area contributed by atoms with Crippen molar-refractivity contribution >= 4 is 17.5 Å². The molecule has 0 saturated carbocycles. The lowest BCUT2D eigenvalue weighted by atomic mass is 10.0. The molecule has 0 bridgehead atoms. The zero-order chi connectivity index (χ0) is 22.2. The van der Waals surface area contributed by atoms with Gasteiger partial charge in [0.05, 0.1) is 17.7 Å². The molecule has 0 radical (unpaired) electrons. The first kappa shape index (κ1) is 20.6. The number of carboxylic acids is 1. The number of carbonyl (C=O) groups is 1. The van der Waals surface area contributed by atoms with Crippen molar-refractivity contribution in [3.8, 4) is 11.1 Å². The lowest BCUT2D eigenvalue weighted by Gasteiger charge is -2.29. The van der Waals surface area contributed by atoms with Crippen LogP contribution < -0.4 is 9.80 Å².